The van der Waals surface area contributed by atoms with Crippen molar-refractivity contribution in [2.75, 3.05) is 33.7 Å². The summed E-state index contributed by atoms with van der Waals surface area (Å²) in [5.74, 6) is 0.362. The van der Waals surface area contributed by atoms with Crippen LogP contribution in [0.1, 0.15) is 40.9 Å². The molecular formula is C22H29N3O3. The number of likely N-dealkylation sites (tertiary alicyclic amines) is 2. The summed E-state index contributed by atoms with van der Waals surface area (Å²) >= 11 is 0. The summed E-state index contributed by atoms with van der Waals surface area (Å²) in [5.41, 5.74) is 2.22. The minimum atomic E-state index is -0.508. The van der Waals surface area contributed by atoms with Gasteiger partial charge in [-0.15, -0.1) is 0 Å². The average Bonchev–Trinajstić information content (AvgIpc) is 3.02. The average molecular weight is 383 g/mol. The van der Waals surface area contributed by atoms with E-state index in [2.05, 4.69) is 17.3 Å². The first-order chi connectivity index (χ1) is 13.4. The zero-order valence-electron chi connectivity index (χ0n) is 17.2. The lowest BCUT2D eigenvalue weighted by atomic mass is 9.67. The highest BCUT2D eigenvalue weighted by molar-refractivity contribution is 5.99. The smallest absolute Gasteiger partial charge is 0.290 e. The van der Waals surface area contributed by atoms with E-state index in [-0.39, 0.29) is 17.9 Å². The van der Waals surface area contributed by atoms with Crippen molar-refractivity contribution in [3.63, 3.8) is 0 Å². The molecule has 0 radical (unpaired) electrons. The minimum Gasteiger partial charge on any atom is -0.451 e. The van der Waals surface area contributed by atoms with Crippen molar-refractivity contribution in [2.24, 2.45) is 5.41 Å². The number of carbonyl (C=O) groups excluding carboxylic acids is 2. The molecule has 28 heavy (non-hydrogen) atoms. The molecule has 6 heteroatoms. The summed E-state index contributed by atoms with van der Waals surface area (Å²) in [5, 5.41) is 3.84. The monoisotopic (exact) mass is 383 g/mol. The highest BCUT2D eigenvalue weighted by atomic mass is 16.3. The molecule has 2 saturated heterocycles. The van der Waals surface area contributed by atoms with Gasteiger partial charge in [-0.05, 0) is 58.3 Å². The predicted octanol–water partition coefficient (Wildman–Crippen LogP) is 2.72. The number of aryl methyl sites for hydroxylation is 2. The Morgan fingerprint density at radius 3 is 2.75 bits per heavy atom. The topological polar surface area (TPSA) is 65.8 Å². The van der Waals surface area contributed by atoms with Crippen LogP contribution in [0.2, 0.25) is 0 Å². The number of nitrogens with one attached hydrogen (secondary N) is 1. The third-order valence-electron chi connectivity index (χ3n) is 6.69. The zero-order chi connectivity index (χ0) is 20.1. The molecule has 1 aromatic heterocycles. The van der Waals surface area contributed by atoms with Gasteiger partial charge in [0.2, 0.25) is 5.91 Å². The fourth-order valence-electron chi connectivity index (χ4n) is 5.06. The van der Waals surface area contributed by atoms with Gasteiger partial charge in [-0.3, -0.25) is 9.59 Å². The number of piperidine rings is 2. The third-order valence-corrected chi connectivity index (χ3v) is 6.69. The number of nitrogens with zero attached hydrogens (tertiary/aromatic N) is 2. The number of fused-ring (bicyclic) bond motifs is 2. The van der Waals surface area contributed by atoms with E-state index in [1.54, 1.807) is 7.05 Å². The normalized spacial score (nSPS) is 25.6. The Hall–Kier alpha value is -2.34. The molecule has 2 fully saturated rings. The Kier molecular flexibility index (Phi) is 4.70. The summed E-state index contributed by atoms with van der Waals surface area (Å²) < 4.78 is 6.02. The van der Waals surface area contributed by atoms with Crippen LogP contribution in [0.25, 0.3) is 11.0 Å². The Bertz CT molecular complexity index is 934. The van der Waals surface area contributed by atoms with Crippen LogP contribution in [0.4, 0.5) is 0 Å². The molecule has 1 aromatic carbocycles. The summed E-state index contributed by atoms with van der Waals surface area (Å²) in [4.78, 5) is 30.6. The first kappa shape index (κ1) is 19.0. The number of furan rings is 1. The largest absolute Gasteiger partial charge is 0.451 e. The quantitative estimate of drug-likeness (QED) is 0.866. The number of rotatable bonds is 2. The summed E-state index contributed by atoms with van der Waals surface area (Å²) in [6.45, 7) is 6.19. The van der Waals surface area contributed by atoms with Crippen LogP contribution in [0.15, 0.2) is 22.6 Å². The summed E-state index contributed by atoms with van der Waals surface area (Å²) in [6.07, 6.45) is 2.43. The summed E-state index contributed by atoms with van der Waals surface area (Å²) in [6, 6.07) is 5.88. The molecule has 150 valence electrons. The van der Waals surface area contributed by atoms with Gasteiger partial charge >= 0.3 is 0 Å². The van der Waals surface area contributed by atoms with Crippen molar-refractivity contribution in [1.29, 1.82) is 0 Å². The Morgan fingerprint density at radius 2 is 2.00 bits per heavy atom. The lowest BCUT2D eigenvalue weighted by Crippen LogP contribution is -2.66. The molecule has 2 aliphatic rings. The van der Waals surface area contributed by atoms with Crippen LogP contribution in [0.3, 0.4) is 0 Å². The molecule has 1 N–H and O–H groups in total. The third kappa shape index (κ3) is 2.82. The second kappa shape index (κ2) is 6.92. The maximum absolute atomic E-state index is 13.6. The molecule has 2 aromatic rings. The summed E-state index contributed by atoms with van der Waals surface area (Å²) in [7, 11) is 3.75. The number of hydrogen-bond acceptors (Lipinski definition) is 4. The van der Waals surface area contributed by atoms with Gasteiger partial charge < -0.3 is 19.5 Å². The fraction of sp³-hybridized carbons (Fsp3) is 0.545. The number of benzene rings is 1. The number of hydrogen-bond donors (Lipinski definition) is 1. The van der Waals surface area contributed by atoms with Crippen LogP contribution < -0.4 is 5.32 Å². The van der Waals surface area contributed by atoms with Gasteiger partial charge in [0.15, 0.2) is 5.76 Å². The van der Waals surface area contributed by atoms with E-state index in [1.165, 1.54) is 0 Å². The first-order valence-corrected chi connectivity index (χ1v) is 10.1. The van der Waals surface area contributed by atoms with E-state index < -0.39 is 5.41 Å². The highest BCUT2D eigenvalue weighted by Crippen LogP contribution is 2.43. The Labute approximate surface area is 165 Å². The van der Waals surface area contributed by atoms with E-state index >= 15 is 0 Å². The van der Waals surface area contributed by atoms with Gasteiger partial charge in [-0.1, -0.05) is 12.1 Å². The molecule has 0 spiro atoms. The van der Waals surface area contributed by atoms with Crippen LogP contribution >= 0.6 is 0 Å². The Balaban J connectivity index is 1.74. The molecule has 0 aliphatic carbocycles. The molecule has 3 heterocycles. The van der Waals surface area contributed by atoms with Gasteiger partial charge in [0.05, 0.1) is 11.5 Å². The maximum atomic E-state index is 13.6. The number of carbonyl (C=O) groups is 2. The molecule has 6 nitrogen and oxygen atoms in total. The van der Waals surface area contributed by atoms with Crippen molar-refractivity contribution < 1.29 is 14.0 Å². The molecule has 0 bridgehead atoms. The van der Waals surface area contributed by atoms with Gasteiger partial charge in [-0.2, -0.15) is 0 Å². The van der Waals surface area contributed by atoms with Crippen molar-refractivity contribution in [1.82, 2.24) is 15.1 Å². The molecule has 2 aliphatic heterocycles. The maximum Gasteiger partial charge on any atom is 0.290 e. The SMILES string of the molecule is CNC(=O)[C@@]12CCCN(C(=O)c3oc4cc(C)ccc4c3C)[C@@H]1CN(C)CC2. The van der Waals surface area contributed by atoms with Crippen molar-refractivity contribution >= 4 is 22.8 Å². The van der Waals surface area contributed by atoms with Crippen LogP contribution in [0.5, 0.6) is 0 Å². The number of amides is 2. The van der Waals surface area contributed by atoms with Crippen molar-refractivity contribution in [3.05, 3.63) is 35.1 Å². The molecule has 2 amide bonds. The molecule has 0 unspecified atom stereocenters. The van der Waals surface area contributed by atoms with Crippen molar-refractivity contribution in [3.8, 4) is 0 Å². The highest BCUT2D eigenvalue weighted by Gasteiger charge is 2.53. The van der Waals surface area contributed by atoms with Crippen LogP contribution in [-0.4, -0.2) is 61.4 Å². The van der Waals surface area contributed by atoms with Crippen LogP contribution in [-0.2, 0) is 4.79 Å². The second-order valence-electron chi connectivity index (χ2n) is 8.42. The minimum absolute atomic E-state index is 0.0556. The molecule has 4 rings (SSSR count). The van der Waals surface area contributed by atoms with E-state index in [9.17, 15) is 9.59 Å². The predicted molar refractivity (Wildman–Crippen MR) is 108 cm³/mol. The molecule has 2 atom stereocenters. The van der Waals surface area contributed by atoms with Crippen molar-refractivity contribution in [2.45, 2.75) is 39.2 Å². The van der Waals surface area contributed by atoms with Crippen LogP contribution in [0, 0.1) is 19.3 Å². The number of likely N-dealkylation sites (N-methyl/N-ethyl adjacent to an activating group) is 1. The van der Waals surface area contributed by atoms with Gasteiger partial charge in [0.25, 0.3) is 5.91 Å². The molecule has 0 saturated carbocycles. The standard InChI is InChI=1S/C22H29N3O3/c1-14-6-7-16-15(2)19(28-17(16)12-14)20(26)25-10-5-8-22(21(27)23-3)9-11-24(4)13-18(22)25/h6-7,12,18H,5,8-11,13H2,1-4H3,(H,23,27)/t18-,22-/m1/s1. The van der Waals surface area contributed by atoms with E-state index in [1.807, 2.05) is 36.9 Å². The lowest BCUT2D eigenvalue weighted by molar-refractivity contribution is -0.141. The van der Waals surface area contributed by atoms with Gasteiger partial charge in [-0.25, -0.2) is 0 Å². The van der Waals surface area contributed by atoms with Gasteiger partial charge in [0, 0.05) is 31.1 Å². The zero-order valence-corrected chi connectivity index (χ0v) is 17.2. The van der Waals surface area contributed by atoms with Gasteiger partial charge in [0.1, 0.15) is 5.58 Å². The van der Waals surface area contributed by atoms with E-state index in [4.69, 9.17) is 4.42 Å². The lowest BCUT2D eigenvalue weighted by Gasteiger charge is -2.53. The fourth-order valence-corrected chi connectivity index (χ4v) is 5.06. The Morgan fingerprint density at radius 1 is 1.21 bits per heavy atom. The second-order valence-corrected chi connectivity index (χ2v) is 8.42. The van der Waals surface area contributed by atoms with E-state index in [0.29, 0.717) is 18.8 Å². The first-order valence-electron chi connectivity index (χ1n) is 10.1. The van der Waals surface area contributed by atoms with E-state index in [0.717, 1.165) is 47.9 Å². The molecular weight excluding hydrogens is 354 g/mol.